The third-order valence-electron chi connectivity index (χ3n) is 7.57. The van der Waals surface area contributed by atoms with Crippen molar-refractivity contribution in [2.45, 2.75) is 76.9 Å². The number of carbonyl (C=O) groups excluding carboxylic acids is 2. The molecule has 2 aromatic carbocycles. The van der Waals surface area contributed by atoms with Gasteiger partial charge in [-0.2, -0.15) is 0 Å². The van der Waals surface area contributed by atoms with Gasteiger partial charge in [0.2, 0.25) is 21.8 Å². The van der Waals surface area contributed by atoms with E-state index >= 15 is 0 Å². The number of amides is 2. The van der Waals surface area contributed by atoms with E-state index in [2.05, 4.69) is 5.32 Å². The Bertz CT molecular complexity index is 1300. The second kappa shape index (κ2) is 14.0. The summed E-state index contributed by atoms with van der Waals surface area (Å²) >= 11 is 0. The summed E-state index contributed by atoms with van der Waals surface area (Å²) in [5.74, 6) is 0.184. The Hall–Kier alpha value is -3.34. The van der Waals surface area contributed by atoms with E-state index in [1.807, 2.05) is 6.92 Å². The van der Waals surface area contributed by atoms with Crippen LogP contribution in [-0.2, 0) is 26.2 Å². The molecule has 2 amide bonds. The number of rotatable bonds is 12. The van der Waals surface area contributed by atoms with Gasteiger partial charge < -0.3 is 19.7 Å². The van der Waals surface area contributed by atoms with E-state index in [-0.39, 0.29) is 49.6 Å². The number of nitrogens with one attached hydrogen (secondary N) is 1. The first-order chi connectivity index (χ1) is 19.7. The average Bonchev–Trinajstić information content (AvgIpc) is 2.95. The minimum absolute atomic E-state index is 0.0327. The molecule has 0 unspecified atom stereocenters. The summed E-state index contributed by atoms with van der Waals surface area (Å²) in [7, 11) is -3.65. The number of carbonyl (C=O) groups is 2. The van der Waals surface area contributed by atoms with Gasteiger partial charge in [-0.15, -0.1) is 0 Å². The molecule has 1 N–H and O–H groups in total. The molecule has 11 heteroatoms. The number of halogens is 1. The highest BCUT2D eigenvalue weighted by Crippen LogP contribution is 2.35. The molecule has 1 aliphatic carbocycles. The summed E-state index contributed by atoms with van der Waals surface area (Å²) in [6.07, 6.45) is 6.96. The van der Waals surface area contributed by atoms with Crippen LogP contribution in [0.25, 0.3) is 0 Å². The first kappa shape index (κ1) is 30.6. The van der Waals surface area contributed by atoms with Gasteiger partial charge >= 0.3 is 0 Å². The van der Waals surface area contributed by atoms with Crippen LogP contribution < -0.4 is 19.1 Å². The van der Waals surface area contributed by atoms with Crippen LogP contribution in [0, 0.1) is 5.82 Å². The highest BCUT2D eigenvalue weighted by Gasteiger charge is 2.30. The zero-order chi connectivity index (χ0) is 29.4. The number of sulfonamides is 1. The lowest BCUT2D eigenvalue weighted by molar-refractivity contribution is -0.141. The van der Waals surface area contributed by atoms with E-state index in [1.54, 1.807) is 35.2 Å². The molecule has 0 radical (unpaired) electrons. The summed E-state index contributed by atoms with van der Waals surface area (Å²) in [6.45, 7) is 2.88. The van der Waals surface area contributed by atoms with Crippen molar-refractivity contribution < 1.29 is 31.9 Å². The molecular weight excluding hydrogens is 549 g/mol. The molecule has 1 fully saturated rings. The lowest BCUT2D eigenvalue weighted by atomic mass is 9.95. The summed E-state index contributed by atoms with van der Waals surface area (Å²) in [6, 6.07) is 10.2. The van der Waals surface area contributed by atoms with E-state index in [0.29, 0.717) is 42.4 Å². The zero-order valence-electron chi connectivity index (χ0n) is 23.8. The maximum atomic E-state index is 13.6. The quantitative estimate of drug-likeness (QED) is 0.394. The Morgan fingerprint density at radius 1 is 1.02 bits per heavy atom. The number of benzene rings is 2. The second-order valence-corrected chi connectivity index (χ2v) is 12.6. The van der Waals surface area contributed by atoms with Gasteiger partial charge in [0.05, 0.1) is 11.9 Å². The fourth-order valence-corrected chi connectivity index (χ4v) is 6.40. The van der Waals surface area contributed by atoms with Gasteiger partial charge in [-0.3, -0.25) is 13.9 Å². The minimum Gasteiger partial charge on any atom is -0.486 e. The highest BCUT2D eigenvalue weighted by atomic mass is 32.2. The van der Waals surface area contributed by atoms with Crippen molar-refractivity contribution in [1.82, 2.24) is 10.2 Å². The molecule has 1 atom stereocenters. The van der Waals surface area contributed by atoms with E-state index in [9.17, 15) is 22.4 Å². The molecule has 1 aliphatic heterocycles. The Kier molecular flexibility index (Phi) is 10.5. The Labute approximate surface area is 242 Å². The van der Waals surface area contributed by atoms with Crippen LogP contribution in [0.5, 0.6) is 11.5 Å². The SMILES string of the molecule is CC[C@@H](C(=O)NC1CCCCC1)N(Cc1ccc(F)cc1)C(=O)CCCN(c1ccc2c(c1)OCCO2)S(C)(=O)=O. The van der Waals surface area contributed by atoms with Gasteiger partial charge in [0.1, 0.15) is 25.1 Å². The molecular formula is C30H40FN3O6S. The van der Waals surface area contributed by atoms with Gasteiger partial charge in [-0.25, -0.2) is 12.8 Å². The predicted octanol–water partition coefficient (Wildman–Crippen LogP) is 4.40. The molecule has 2 aromatic rings. The standard InChI is InChI=1S/C30H40FN3O6S/c1-3-26(30(36)32-24-8-5-4-6-9-24)33(21-22-11-13-23(31)14-12-22)29(35)10-7-17-34(41(2,37)38)25-15-16-27-28(20-25)40-19-18-39-27/h11-16,20,24,26H,3-10,17-19,21H2,1-2H3,(H,32,36)/t26-/m0/s1. The smallest absolute Gasteiger partial charge is 0.243 e. The molecule has 0 saturated heterocycles. The molecule has 2 aliphatic rings. The van der Waals surface area contributed by atoms with Gasteiger partial charge in [-0.05, 0) is 55.5 Å². The number of anilines is 1. The van der Waals surface area contributed by atoms with Gasteiger partial charge in [-0.1, -0.05) is 38.3 Å². The molecule has 1 heterocycles. The number of hydrogen-bond acceptors (Lipinski definition) is 6. The highest BCUT2D eigenvalue weighted by molar-refractivity contribution is 7.92. The van der Waals surface area contributed by atoms with Gasteiger partial charge in [0.15, 0.2) is 11.5 Å². The van der Waals surface area contributed by atoms with E-state index in [1.165, 1.54) is 16.4 Å². The van der Waals surface area contributed by atoms with Crippen LogP contribution in [0.15, 0.2) is 42.5 Å². The molecule has 224 valence electrons. The molecule has 41 heavy (non-hydrogen) atoms. The Balaban J connectivity index is 1.48. The van der Waals surface area contributed by atoms with Crippen LogP contribution in [0.1, 0.15) is 63.9 Å². The molecule has 0 spiro atoms. The number of ether oxygens (including phenoxy) is 2. The Morgan fingerprint density at radius 3 is 2.37 bits per heavy atom. The second-order valence-electron chi connectivity index (χ2n) is 10.7. The third kappa shape index (κ3) is 8.34. The molecule has 9 nitrogen and oxygen atoms in total. The van der Waals surface area contributed by atoms with Crippen LogP contribution in [0.2, 0.25) is 0 Å². The van der Waals surface area contributed by atoms with E-state index in [4.69, 9.17) is 9.47 Å². The summed E-state index contributed by atoms with van der Waals surface area (Å²) in [5.41, 5.74) is 1.13. The predicted molar refractivity (Wildman–Crippen MR) is 155 cm³/mol. The maximum absolute atomic E-state index is 13.6. The van der Waals surface area contributed by atoms with Crippen molar-refractivity contribution in [3.63, 3.8) is 0 Å². The first-order valence-electron chi connectivity index (χ1n) is 14.4. The van der Waals surface area contributed by atoms with Crippen molar-refractivity contribution in [3.05, 3.63) is 53.8 Å². The van der Waals surface area contributed by atoms with E-state index in [0.717, 1.165) is 38.4 Å². The van der Waals surface area contributed by atoms with Crippen molar-refractivity contribution in [2.75, 3.05) is 30.3 Å². The van der Waals surface area contributed by atoms with Crippen molar-refractivity contribution in [1.29, 1.82) is 0 Å². The van der Waals surface area contributed by atoms with Crippen LogP contribution >= 0.6 is 0 Å². The third-order valence-corrected chi connectivity index (χ3v) is 8.76. The fraction of sp³-hybridized carbons (Fsp3) is 0.533. The van der Waals surface area contributed by atoms with Gasteiger partial charge in [0, 0.05) is 31.6 Å². The lowest BCUT2D eigenvalue weighted by Gasteiger charge is -2.33. The number of nitrogens with zero attached hydrogens (tertiary/aromatic N) is 2. The topological polar surface area (TPSA) is 105 Å². The van der Waals surface area contributed by atoms with E-state index < -0.39 is 16.1 Å². The average molecular weight is 590 g/mol. The molecule has 4 rings (SSSR count). The van der Waals surface area contributed by atoms with Crippen molar-refractivity contribution in [3.8, 4) is 11.5 Å². The normalized spacial score (nSPS) is 16.1. The largest absolute Gasteiger partial charge is 0.486 e. The minimum atomic E-state index is -3.65. The number of fused-ring (bicyclic) bond motifs is 1. The van der Waals surface area contributed by atoms with Crippen LogP contribution in [-0.4, -0.2) is 63.2 Å². The van der Waals surface area contributed by atoms with Crippen LogP contribution in [0.4, 0.5) is 10.1 Å². The van der Waals surface area contributed by atoms with Crippen molar-refractivity contribution >= 4 is 27.5 Å². The van der Waals surface area contributed by atoms with Crippen molar-refractivity contribution in [2.24, 2.45) is 0 Å². The Morgan fingerprint density at radius 2 is 1.71 bits per heavy atom. The van der Waals surface area contributed by atoms with Gasteiger partial charge in [0.25, 0.3) is 0 Å². The summed E-state index contributed by atoms with van der Waals surface area (Å²) in [5, 5.41) is 3.14. The lowest BCUT2D eigenvalue weighted by Crippen LogP contribution is -2.51. The summed E-state index contributed by atoms with van der Waals surface area (Å²) in [4.78, 5) is 28.6. The molecule has 0 bridgehead atoms. The monoisotopic (exact) mass is 589 g/mol. The van der Waals surface area contributed by atoms with Crippen LogP contribution in [0.3, 0.4) is 0 Å². The maximum Gasteiger partial charge on any atom is 0.243 e. The molecule has 1 saturated carbocycles. The summed E-state index contributed by atoms with van der Waals surface area (Å²) < 4.78 is 51.3. The fourth-order valence-electron chi connectivity index (χ4n) is 5.44. The molecule has 0 aromatic heterocycles. The zero-order valence-corrected chi connectivity index (χ0v) is 24.6. The number of hydrogen-bond donors (Lipinski definition) is 1. The first-order valence-corrected chi connectivity index (χ1v) is 16.2.